The Bertz CT molecular complexity index is 892. The zero-order chi connectivity index (χ0) is 20.3. The van der Waals surface area contributed by atoms with Gasteiger partial charge in [-0.15, -0.1) is 0 Å². The summed E-state index contributed by atoms with van der Waals surface area (Å²) in [6.07, 6.45) is 0.171. The Morgan fingerprint density at radius 1 is 1.11 bits per heavy atom. The maximum Gasteiger partial charge on any atom is 0.316 e. The summed E-state index contributed by atoms with van der Waals surface area (Å²) in [5.41, 5.74) is 1.11. The van der Waals surface area contributed by atoms with Gasteiger partial charge in [0, 0.05) is 12.5 Å². The second kappa shape index (κ2) is 7.84. The van der Waals surface area contributed by atoms with E-state index >= 15 is 0 Å². The van der Waals surface area contributed by atoms with Crippen LogP contribution in [0.5, 0.6) is 0 Å². The molecular formula is C22H24N2O4. The zero-order valence-corrected chi connectivity index (χ0v) is 16.3. The molecule has 0 saturated heterocycles. The van der Waals surface area contributed by atoms with Crippen LogP contribution in [0.2, 0.25) is 0 Å². The van der Waals surface area contributed by atoms with Gasteiger partial charge in [0.1, 0.15) is 0 Å². The summed E-state index contributed by atoms with van der Waals surface area (Å²) in [4.78, 5) is 39.1. The van der Waals surface area contributed by atoms with Crippen LogP contribution >= 0.6 is 0 Å². The summed E-state index contributed by atoms with van der Waals surface area (Å²) in [6.45, 7) is 4.94. The minimum atomic E-state index is -0.874. The number of ether oxygens (including phenoxy) is 1. The number of amides is 2. The van der Waals surface area contributed by atoms with Crippen molar-refractivity contribution >= 4 is 29.2 Å². The van der Waals surface area contributed by atoms with Gasteiger partial charge in [-0.2, -0.15) is 0 Å². The normalized spacial score (nSPS) is 16.6. The predicted molar refractivity (Wildman–Crippen MR) is 107 cm³/mol. The van der Waals surface area contributed by atoms with Gasteiger partial charge in [-0.05, 0) is 38.5 Å². The van der Waals surface area contributed by atoms with Crippen molar-refractivity contribution in [1.29, 1.82) is 0 Å². The Morgan fingerprint density at radius 3 is 2.46 bits per heavy atom. The van der Waals surface area contributed by atoms with Gasteiger partial charge in [0.05, 0.1) is 16.8 Å². The molecule has 0 unspecified atom stereocenters. The van der Waals surface area contributed by atoms with Crippen LogP contribution in [0.15, 0.2) is 54.6 Å². The van der Waals surface area contributed by atoms with Gasteiger partial charge in [0.25, 0.3) is 5.91 Å². The van der Waals surface area contributed by atoms with Crippen LogP contribution in [0.4, 0.5) is 11.4 Å². The third kappa shape index (κ3) is 3.91. The lowest BCUT2D eigenvalue weighted by atomic mass is 9.85. The number of esters is 1. The Morgan fingerprint density at radius 2 is 1.75 bits per heavy atom. The van der Waals surface area contributed by atoms with Crippen LogP contribution < -0.4 is 10.2 Å². The topological polar surface area (TPSA) is 75.7 Å². The molecule has 1 heterocycles. The summed E-state index contributed by atoms with van der Waals surface area (Å²) >= 11 is 0. The van der Waals surface area contributed by atoms with Crippen molar-refractivity contribution in [3.63, 3.8) is 0 Å². The first-order chi connectivity index (χ1) is 13.3. The molecule has 6 nitrogen and oxygen atoms in total. The molecule has 0 saturated carbocycles. The van der Waals surface area contributed by atoms with Crippen LogP contribution in [0, 0.1) is 0 Å². The summed E-state index contributed by atoms with van der Waals surface area (Å²) < 4.78 is 5.37. The maximum absolute atomic E-state index is 12.9. The lowest BCUT2D eigenvalue weighted by molar-refractivity contribution is -0.152. The SMILES string of the molecule is C[C@H]1CC(=O)Nc2ccccc2N1C(=O)COC(=O)C(C)(C)c1ccccc1. The fourth-order valence-electron chi connectivity index (χ4n) is 3.32. The number of nitrogens with zero attached hydrogens (tertiary/aromatic N) is 1. The monoisotopic (exact) mass is 380 g/mol. The predicted octanol–water partition coefficient (Wildman–Crippen LogP) is 3.27. The van der Waals surface area contributed by atoms with E-state index < -0.39 is 11.4 Å². The van der Waals surface area contributed by atoms with Gasteiger partial charge in [0.2, 0.25) is 5.91 Å². The molecule has 0 aliphatic carbocycles. The molecule has 1 atom stereocenters. The van der Waals surface area contributed by atoms with Gasteiger partial charge in [-0.1, -0.05) is 42.5 Å². The van der Waals surface area contributed by atoms with Gasteiger partial charge in [0.15, 0.2) is 6.61 Å². The van der Waals surface area contributed by atoms with E-state index in [9.17, 15) is 14.4 Å². The lowest BCUT2D eigenvalue weighted by Crippen LogP contribution is -2.42. The minimum Gasteiger partial charge on any atom is -0.455 e. The average molecular weight is 380 g/mol. The van der Waals surface area contributed by atoms with Gasteiger partial charge in [-0.25, -0.2) is 0 Å². The van der Waals surface area contributed by atoms with E-state index in [0.717, 1.165) is 5.56 Å². The molecule has 1 N–H and O–H groups in total. The van der Waals surface area contributed by atoms with Crippen molar-refractivity contribution in [2.24, 2.45) is 0 Å². The first-order valence-corrected chi connectivity index (χ1v) is 9.24. The molecule has 2 aromatic rings. The van der Waals surface area contributed by atoms with E-state index in [1.165, 1.54) is 4.90 Å². The maximum atomic E-state index is 12.9. The average Bonchev–Trinajstić information content (AvgIpc) is 2.80. The van der Waals surface area contributed by atoms with E-state index in [2.05, 4.69) is 5.32 Å². The van der Waals surface area contributed by atoms with E-state index in [1.54, 1.807) is 45.0 Å². The first-order valence-electron chi connectivity index (χ1n) is 9.24. The number of nitrogens with one attached hydrogen (secondary N) is 1. The number of benzene rings is 2. The molecule has 2 amide bonds. The Labute approximate surface area is 164 Å². The lowest BCUT2D eigenvalue weighted by Gasteiger charge is -2.28. The Balaban J connectivity index is 1.75. The Kier molecular flexibility index (Phi) is 5.49. The number of hydrogen-bond acceptors (Lipinski definition) is 4. The highest BCUT2D eigenvalue weighted by atomic mass is 16.5. The minimum absolute atomic E-state index is 0.155. The summed E-state index contributed by atoms with van der Waals surface area (Å²) in [6, 6.07) is 16.1. The standard InChI is InChI=1S/C22H24N2O4/c1-15-13-19(25)23-17-11-7-8-12-18(17)24(15)20(26)14-28-21(27)22(2,3)16-9-5-4-6-10-16/h4-12,15H,13-14H2,1-3H3,(H,23,25)/t15-/m0/s1. The molecule has 0 fully saturated rings. The molecule has 28 heavy (non-hydrogen) atoms. The van der Waals surface area contributed by atoms with Crippen molar-refractivity contribution in [3.05, 3.63) is 60.2 Å². The summed E-state index contributed by atoms with van der Waals surface area (Å²) in [7, 11) is 0. The van der Waals surface area contributed by atoms with E-state index in [1.807, 2.05) is 30.3 Å². The second-order valence-corrected chi connectivity index (χ2v) is 7.45. The van der Waals surface area contributed by atoms with Gasteiger partial charge >= 0.3 is 5.97 Å². The summed E-state index contributed by atoms with van der Waals surface area (Å²) in [5, 5.41) is 2.81. The Hall–Kier alpha value is -3.15. The number of carbonyl (C=O) groups excluding carboxylic acids is 3. The second-order valence-electron chi connectivity index (χ2n) is 7.45. The molecule has 0 radical (unpaired) electrons. The summed E-state index contributed by atoms with van der Waals surface area (Å²) in [5.74, 6) is -0.997. The zero-order valence-electron chi connectivity index (χ0n) is 16.3. The van der Waals surface area contributed by atoms with Crippen LogP contribution in [0.3, 0.4) is 0 Å². The molecular weight excluding hydrogens is 356 g/mol. The highest BCUT2D eigenvalue weighted by Gasteiger charge is 2.34. The van der Waals surface area contributed by atoms with Crippen molar-refractivity contribution in [1.82, 2.24) is 0 Å². The van der Waals surface area contributed by atoms with Crippen LogP contribution in [0.25, 0.3) is 0 Å². The van der Waals surface area contributed by atoms with E-state index in [0.29, 0.717) is 11.4 Å². The number of anilines is 2. The molecule has 6 heteroatoms. The van der Waals surface area contributed by atoms with Crippen molar-refractivity contribution < 1.29 is 19.1 Å². The van der Waals surface area contributed by atoms with E-state index in [-0.39, 0.29) is 30.9 Å². The van der Waals surface area contributed by atoms with Crippen molar-refractivity contribution in [3.8, 4) is 0 Å². The molecule has 2 aromatic carbocycles. The number of hydrogen-bond donors (Lipinski definition) is 1. The van der Waals surface area contributed by atoms with Gasteiger partial charge in [-0.3, -0.25) is 14.4 Å². The van der Waals surface area contributed by atoms with Gasteiger partial charge < -0.3 is 15.0 Å². The largest absolute Gasteiger partial charge is 0.455 e. The molecule has 146 valence electrons. The number of carbonyl (C=O) groups is 3. The number of fused-ring (bicyclic) bond motifs is 1. The first kappa shape index (κ1) is 19.6. The molecule has 0 aromatic heterocycles. The fourth-order valence-corrected chi connectivity index (χ4v) is 3.32. The number of para-hydroxylation sites is 2. The third-order valence-electron chi connectivity index (χ3n) is 4.96. The molecule has 1 aliphatic heterocycles. The highest BCUT2D eigenvalue weighted by molar-refractivity contribution is 6.05. The molecule has 3 rings (SSSR count). The van der Waals surface area contributed by atoms with Crippen LogP contribution in [-0.2, 0) is 24.5 Å². The quantitative estimate of drug-likeness (QED) is 0.826. The van der Waals surface area contributed by atoms with Crippen molar-refractivity contribution in [2.45, 2.75) is 38.6 Å². The smallest absolute Gasteiger partial charge is 0.316 e. The molecule has 0 spiro atoms. The molecule has 1 aliphatic rings. The van der Waals surface area contributed by atoms with E-state index in [4.69, 9.17) is 4.74 Å². The van der Waals surface area contributed by atoms with Crippen molar-refractivity contribution in [2.75, 3.05) is 16.8 Å². The molecule has 0 bridgehead atoms. The fraction of sp³-hybridized carbons (Fsp3) is 0.318. The number of rotatable bonds is 4. The van der Waals surface area contributed by atoms with Crippen LogP contribution in [-0.4, -0.2) is 30.4 Å². The highest BCUT2D eigenvalue weighted by Crippen LogP contribution is 2.31. The third-order valence-corrected chi connectivity index (χ3v) is 4.96. The van der Waals surface area contributed by atoms with Crippen LogP contribution in [0.1, 0.15) is 32.8 Å².